The Labute approximate surface area is 149 Å². The summed E-state index contributed by atoms with van der Waals surface area (Å²) in [7, 11) is 0. The van der Waals surface area contributed by atoms with Gasteiger partial charge in [0.25, 0.3) is 5.91 Å². The Morgan fingerprint density at radius 1 is 1.33 bits per heavy atom. The highest BCUT2D eigenvalue weighted by Gasteiger charge is 2.44. The van der Waals surface area contributed by atoms with Crippen molar-refractivity contribution in [3.8, 4) is 0 Å². The lowest BCUT2D eigenvalue weighted by Crippen LogP contribution is -2.37. The number of thioether (sulfide) groups is 2. The quantitative estimate of drug-likeness (QED) is 0.589. The molecule has 0 saturated carbocycles. The van der Waals surface area contributed by atoms with Crippen LogP contribution in [0.3, 0.4) is 0 Å². The molecule has 1 N–H and O–H groups in total. The van der Waals surface area contributed by atoms with Crippen LogP contribution in [0.5, 0.6) is 0 Å². The molecule has 0 aromatic rings. The second kappa shape index (κ2) is 7.12. The van der Waals surface area contributed by atoms with E-state index in [0.29, 0.717) is 11.7 Å². The Bertz CT molecular complexity index is 657. The van der Waals surface area contributed by atoms with Gasteiger partial charge in [-0.2, -0.15) is 0 Å². The number of amidine groups is 2. The molecule has 2 rings (SSSR count). The molecule has 0 aliphatic carbocycles. The Kier molecular flexibility index (Phi) is 5.56. The van der Waals surface area contributed by atoms with Crippen LogP contribution in [0.2, 0.25) is 0 Å². The first-order valence-corrected chi connectivity index (χ1v) is 8.95. The summed E-state index contributed by atoms with van der Waals surface area (Å²) < 4.78 is -0.632. The Balaban J connectivity index is 2.31. The third-order valence-corrected chi connectivity index (χ3v) is 5.33. The van der Waals surface area contributed by atoms with Gasteiger partial charge in [0.2, 0.25) is 5.91 Å². The number of hydrogen-bond donors (Lipinski definition) is 1. The van der Waals surface area contributed by atoms with Crippen molar-refractivity contribution in [2.75, 3.05) is 13.1 Å². The van der Waals surface area contributed by atoms with Crippen molar-refractivity contribution in [2.45, 2.75) is 31.0 Å². The molecule has 0 aromatic carbocycles. The minimum Gasteiger partial charge on any atom is -0.373 e. The van der Waals surface area contributed by atoms with Crippen LogP contribution >= 0.6 is 23.5 Å². The summed E-state index contributed by atoms with van der Waals surface area (Å²) in [6.07, 6.45) is 1.55. The second-order valence-electron chi connectivity index (χ2n) is 5.93. The van der Waals surface area contributed by atoms with Crippen molar-refractivity contribution in [2.24, 2.45) is 10.2 Å². The Morgan fingerprint density at radius 3 is 2.54 bits per heavy atom. The fourth-order valence-corrected chi connectivity index (χ4v) is 3.93. The van der Waals surface area contributed by atoms with E-state index in [0.717, 1.165) is 17.3 Å². The van der Waals surface area contributed by atoms with Gasteiger partial charge >= 0.3 is 0 Å². The van der Waals surface area contributed by atoms with Crippen LogP contribution in [0.25, 0.3) is 0 Å². The van der Waals surface area contributed by atoms with Crippen LogP contribution < -0.4 is 0 Å². The summed E-state index contributed by atoms with van der Waals surface area (Å²) in [5.74, 6) is -0.513. The molecule has 9 heteroatoms. The van der Waals surface area contributed by atoms with E-state index < -0.39 is 16.1 Å². The van der Waals surface area contributed by atoms with Gasteiger partial charge < -0.3 is 5.11 Å². The van der Waals surface area contributed by atoms with E-state index >= 15 is 0 Å². The van der Waals surface area contributed by atoms with Crippen molar-refractivity contribution in [1.29, 1.82) is 0 Å². The molecule has 130 valence electrons. The number of carbonyl (C=O) groups excluding carboxylic acids is 2. The zero-order chi connectivity index (χ0) is 18.1. The fourth-order valence-electron chi connectivity index (χ4n) is 2.12. The van der Waals surface area contributed by atoms with Crippen LogP contribution in [-0.2, 0) is 9.59 Å². The molecule has 7 nitrogen and oxygen atoms in total. The molecular formula is C15H20N4O3S2. The van der Waals surface area contributed by atoms with E-state index in [1.807, 2.05) is 20.8 Å². The molecule has 2 heterocycles. The van der Waals surface area contributed by atoms with E-state index in [2.05, 4.69) is 23.4 Å². The SMILES string of the molecule is C=CCN1C(=O)C(O)SC1=NN=C1SC(C)(C)C(=O)N1CC(=C)C. The van der Waals surface area contributed by atoms with Crippen LogP contribution in [0.1, 0.15) is 20.8 Å². The van der Waals surface area contributed by atoms with Crippen molar-refractivity contribution < 1.29 is 14.7 Å². The predicted molar refractivity (Wildman–Crippen MR) is 98.6 cm³/mol. The van der Waals surface area contributed by atoms with Gasteiger partial charge in [-0.3, -0.25) is 19.4 Å². The molecule has 2 fully saturated rings. The van der Waals surface area contributed by atoms with Gasteiger partial charge in [-0.25, -0.2) is 0 Å². The molecule has 1 unspecified atom stereocenters. The minimum absolute atomic E-state index is 0.0624. The van der Waals surface area contributed by atoms with Gasteiger partial charge in [-0.15, -0.1) is 16.8 Å². The first-order chi connectivity index (χ1) is 11.2. The first-order valence-electron chi connectivity index (χ1n) is 7.25. The molecular weight excluding hydrogens is 348 g/mol. The number of carbonyl (C=O) groups is 2. The summed E-state index contributed by atoms with van der Waals surface area (Å²) in [4.78, 5) is 27.2. The highest BCUT2D eigenvalue weighted by Crippen LogP contribution is 2.37. The van der Waals surface area contributed by atoms with Crippen molar-refractivity contribution >= 4 is 45.7 Å². The van der Waals surface area contributed by atoms with Crippen molar-refractivity contribution in [3.63, 3.8) is 0 Å². The average Bonchev–Trinajstić information content (AvgIpc) is 2.87. The third-order valence-electron chi connectivity index (χ3n) is 3.22. The summed E-state index contributed by atoms with van der Waals surface area (Å²) in [6, 6.07) is 0. The van der Waals surface area contributed by atoms with Crippen LogP contribution in [0.4, 0.5) is 0 Å². The number of hydrogen-bond acceptors (Lipinski definition) is 7. The van der Waals surface area contributed by atoms with Crippen LogP contribution in [-0.4, -0.2) is 60.3 Å². The average molecular weight is 368 g/mol. The van der Waals surface area contributed by atoms with Gasteiger partial charge in [-0.05, 0) is 32.5 Å². The number of nitrogens with zero attached hydrogens (tertiary/aromatic N) is 4. The van der Waals surface area contributed by atoms with Crippen molar-refractivity contribution in [1.82, 2.24) is 9.80 Å². The highest BCUT2D eigenvalue weighted by atomic mass is 32.2. The van der Waals surface area contributed by atoms with Gasteiger partial charge in [0.1, 0.15) is 0 Å². The minimum atomic E-state index is -1.19. The number of rotatable bonds is 5. The molecule has 2 aliphatic heterocycles. The van der Waals surface area contributed by atoms with Gasteiger partial charge in [0, 0.05) is 13.1 Å². The fraction of sp³-hybridized carbons (Fsp3) is 0.467. The van der Waals surface area contributed by atoms with Crippen LogP contribution in [0, 0.1) is 0 Å². The van der Waals surface area contributed by atoms with E-state index in [1.165, 1.54) is 21.6 Å². The zero-order valence-electron chi connectivity index (χ0n) is 13.9. The number of amides is 2. The summed E-state index contributed by atoms with van der Waals surface area (Å²) >= 11 is 2.23. The van der Waals surface area contributed by atoms with E-state index in [4.69, 9.17) is 0 Å². The lowest BCUT2D eigenvalue weighted by Gasteiger charge is -2.17. The van der Waals surface area contributed by atoms with Gasteiger partial charge in [0.15, 0.2) is 15.8 Å². The molecule has 2 aliphatic rings. The van der Waals surface area contributed by atoms with E-state index in [-0.39, 0.29) is 17.6 Å². The number of aliphatic hydroxyl groups excluding tert-OH is 1. The molecule has 2 amide bonds. The van der Waals surface area contributed by atoms with Crippen LogP contribution in [0.15, 0.2) is 35.0 Å². The highest BCUT2D eigenvalue weighted by molar-refractivity contribution is 8.16. The standard InChI is InChI=1S/C15H20N4O3S2/c1-6-7-18-10(20)11(21)23-13(18)16-17-14-19(8-9(2)3)12(22)15(4,5)24-14/h6,11,21H,1-2,7-8H2,3-5H3. The predicted octanol–water partition coefficient (Wildman–Crippen LogP) is 1.62. The maximum Gasteiger partial charge on any atom is 0.268 e. The third kappa shape index (κ3) is 3.73. The lowest BCUT2D eigenvalue weighted by atomic mass is 10.2. The first kappa shape index (κ1) is 18.8. The summed E-state index contributed by atoms with van der Waals surface area (Å²) in [6.45, 7) is 13.5. The largest absolute Gasteiger partial charge is 0.373 e. The zero-order valence-corrected chi connectivity index (χ0v) is 15.5. The topological polar surface area (TPSA) is 85.6 Å². The van der Waals surface area contributed by atoms with Gasteiger partial charge in [0.05, 0.1) is 4.75 Å². The molecule has 1 atom stereocenters. The van der Waals surface area contributed by atoms with E-state index in [9.17, 15) is 14.7 Å². The maximum absolute atomic E-state index is 12.5. The molecule has 0 spiro atoms. The Hall–Kier alpha value is -1.58. The molecule has 0 radical (unpaired) electrons. The lowest BCUT2D eigenvalue weighted by molar-refractivity contribution is -0.130. The molecule has 24 heavy (non-hydrogen) atoms. The molecule has 0 bridgehead atoms. The monoisotopic (exact) mass is 368 g/mol. The van der Waals surface area contributed by atoms with Crippen molar-refractivity contribution in [3.05, 3.63) is 24.8 Å². The smallest absolute Gasteiger partial charge is 0.268 e. The summed E-state index contributed by atoms with van der Waals surface area (Å²) in [5, 5.41) is 18.7. The maximum atomic E-state index is 12.5. The Morgan fingerprint density at radius 2 is 1.96 bits per heavy atom. The normalized spacial score (nSPS) is 26.8. The number of aliphatic hydroxyl groups is 1. The summed E-state index contributed by atoms with van der Waals surface area (Å²) in [5.41, 5.74) is -0.360. The second-order valence-corrected chi connectivity index (χ2v) is 8.57. The van der Waals surface area contributed by atoms with E-state index in [1.54, 1.807) is 6.08 Å². The molecule has 2 saturated heterocycles. The molecule has 0 aromatic heterocycles. The van der Waals surface area contributed by atoms with Gasteiger partial charge in [-0.1, -0.05) is 30.0 Å².